The van der Waals surface area contributed by atoms with Crippen molar-refractivity contribution in [1.82, 2.24) is 29.8 Å². The lowest BCUT2D eigenvalue weighted by Crippen LogP contribution is -2.49. The predicted molar refractivity (Wildman–Crippen MR) is 191 cm³/mol. The number of anilines is 3. The van der Waals surface area contributed by atoms with Crippen LogP contribution in [-0.4, -0.2) is 75.7 Å². The molecule has 8 rings (SSSR count). The van der Waals surface area contributed by atoms with E-state index in [-0.39, 0.29) is 18.0 Å². The number of rotatable bonds is 8. The van der Waals surface area contributed by atoms with Gasteiger partial charge >= 0.3 is 6.03 Å². The molecule has 1 N–H and O–H groups in total. The first kappa shape index (κ1) is 32.8. The summed E-state index contributed by atoms with van der Waals surface area (Å²) in [6.45, 7) is 3.66. The van der Waals surface area contributed by atoms with Crippen molar-refractivity contribution in [2.75, 3.05) is 47.9 Å². The van der Waals surface area contributed by atoms with E-state index in [2.05, 4.69) is 32.2 Å². The van der Waals surface area contributed by atoms with Gasteiger partial charge < -0.3 is 9.80 Å². The van der Waals surface area contributed by atoms with Crippen LogP contribution in [0.5, 0.6) is 0 Å². The quantitative estimate of drug-likeness (QED) is 0.213. The van der Waals surface area contributed by atoms with Gasteiger partial charge in [-0.1, -0.05) is 24.3 Å². The number of halogens is 2. The number of nitrogens with one attached hydrogen (secondary N) is 1. The molecule has 3 fully saturated rings. The van der Waals surface area contributed by atoms with Gasteiger partial charge in [-0.15, -0.1) is 0 Å². The minimum absolute atomic E-state index is 0.223. The summed E-state index contributed by atoms with van der Waals surface area (Å²) in [6, 6.07) is 19.5. The highest BCUT2D eigenvalue weighted by molar-refractivity contribution is 6.05. The topological polar surface area (TPSA) is 102 Å². The summed E-state index contributed by atoms with van der Waals surface area (Å²) in [7, 11) is 2.16. The Labute approximate surface area is 294 Å². The van der Waals surface area contributed by atoms with Gasteiger partial charge in [-0.3, -0.25) is 19.9 Å². The minimum Gasteiger partial charge on any atom is -0.356 e. The number of carbonyl (C=O) groups excluding carboxylic acids is 2. The van der Waals surface area contributed by atoms with Gasteiger partial charge in [-0.2, -0.15) is 5.10 Å². The third kappa shape index (κ3) is 6.61. The fourth-order valence-electron chi connectivity index (χ4n) is 7.63. The number of urea groups is 1. The fraction of sp³-hybridized carbons (Fsp3) is 0.342. The van der Waals surface area contributed by atoms with E-state index in [0.717, 1.165) is 86.5 Å². The van der Waals surface area contributed by atoms with Crippen LogP contribution < -0.4 is 20.0 Å². The van der Waals surface area contributed by atoms with Crippen LogP contribution in [0.15, 0.2) is 79.1 Å². The van der Waals surface area contributed by atoms with Gasteiger partial charge in [0.1, 0.15) is 23.3 Å². The van der Waals surface area contributed by atoms with Crippen LogP contribution in [0.1, 0.15) is 49.3 Å². The van der Waals surface area contributed by atoms with Crippen LogP contribution in [-0.2, 0) is 11.3 Å². The Balaban J connectivity index is 0.924. The van der Waals surface area contributed by atoms with Crippen LogP contribution in [0.25, 0.3) is 16.9 Å². The Morgan fingerprint density at radius 2 is 1.73 bits per heavy atom. The van der Waals surface area contributed by atoms with E-state index in [4.69, 9.17) is 9.97 Å². The Kier molecular flexibility index (Phi) is 8.80. The van der Waals surface area contributed by atoms with E-state index in [1.807, 2.05) is 54.7 Å². The van der Waals surface area contributed by atoms with E-state index >= 15 is 0 Å². The summed E-state index contributed by atoms with van der Waals surface area (Å²) >= 11 is 0. The SMILES string of the molecule is CN(Cc1ccc(N2CCC(=O)NC2=O)cc1)C1CCN(c2cccc(-c3cnn4ccc(N5CCC[C@@H]5c5ccc(F)cc5F)nc34)n2)CC1. The molecule has 13 heteroatoms. The number of imide groups is 1. The van der Waals surface area contributed by atoms with Gasteiger partial charge in [-0.25, -0.2) is 28.1 Å². The van der Waals surface area contributed by atoms with Crippen LogP contribution in [0.3, 0.4) is 0 Å². The minimum atomic E-state index is -0.581. The molecule has 3 aromatic heterocycles. The Bertz CT molecular complexity index is 2080. The van der Waals surface area contributed by atoms with E-state index in [1.54, 1.807) is 15.6 Å². The molecule has 11 nitrogen and oxygen atoms in total. The summed E-state index contributed by atoms with van der Waals surface area (Å²) in [4.78, 5) is 42.2. The number of pyridine rings is 1. The van der Waals surface area contributed by atoms with Gasteiger partial charge in [0.2, 0.25) is 5.91 Å². The second kappa shape index (κ2) is 13.7. The van der Waals surface area contributed by atoms with Crippen molar-refractivity contribution in [1.29, 1.82) is 0 Å². The maximum Gasteiger partial charge on any atom is 0.328 e. The Morgan fingerprint density at radius 3 is 2.51 bits per heavy atom. The molecular formula is C38H39F2N9O2. The molecule has 3 amide bonds. The van der Waals surface area contributed by atoms with Crippen molar-refractivity contribution in [3.05, 3.63) is 102 Å². The summed E-state index contributed by atoms with van der Waals surface area (Å²) in [5.41, 5.74) is 4.70. The molecule has 1 atom stereocenters. The van der Waals surface area contributed by atoms with E-state index in [9.17, 15) is 18.4 Å². The number of nitrogens with zero attached hydrogens (tertiary/aromatic N) is 8. The molecule has 3 aliphatic rings. The normalized spacial score (nSPS) is 18.7. The van der Waals surface area contributed by atoms with E-state index < -0.39 is 11.6 Å². The molecule has 51 heavy (non-hydrogen) atoms. The molecule has 3 aliphatic heterocycles. The highest BCUT2D eigenvalue weighted by Gasteiger charge is 2.30. The van der Waals surface area contributed by atoms with Gasteiger partial charge in [0, 0.05) is 68.7 Å². The molecular weight excluding hydrogens is 652 g/mol. The van der Waals surface area contributed by atoms with Crippen molar-refractivity contribution in [3.8, 4) is 11.3 Å². The van der Waals surface area contributed by atoms with E-state index in [0.29, 0.717) is 30.2 Å². The molecule has 0 aliphatic carbocycles. The lowest BCUT2D eigenvalue weighted by atomic mass is 10.0. The molecule has 6 heterocycles. The third-order valence-corrected chi connectivity index (χ3v) is 10.4. The maximum absolute atomic E-state index is 14.8. The summed E-state index contributed by atoms with van der Waals surface area (Å²) < 4.78 is 30.1. The highest BCUT2D eigenvalue weighted by Crippen LogP contribution is 2.37. The van der Waals surface area contributed by atoms with Crippen LogP contribution in [0.4, 0.5) is 30.9 Å². The number of piperidine rings is 1. The van der Waals surface area contributed by atoms with Crippen LogP contribution in [0.2, 0.25) is 0 Å². The zero-order chi connectivity index (χ0) is 35.1. The number of benzene rings is 2. The smallest absolute Gasteiger partial charge is 0.328 e. The number of aromatic nitrogens is 4. The fourth-order valence-corrected chi connectivity index (χ4v) is 7.63. The summed E-state index contributed by atoms with van der Waals surface area (Å²) in [6.07, 6.45) is 7.59. The number of hydrogen-bond acceptors (Lipinski definition) is 8. The molecule has 262 valence electrons. The van der Waals surface area contributed by atoms with Crippen LogP contribution >= 0.6 is 0 Å². The van der Waals surface area contributed by atoms with Crippen molar-refractivity contribution >= 4 is 34.9 Å². The second-order valence-electron chi connectivity index (χ2n) is 13.6. The second-order valence-corrected chi connectivity index (χ2v) is 13.6. The first-order valence-electron chi connectivity index (χ1n) is 17.5. The van der Waals surface area contributed by atoms with Crippen LogP contribution in [0, 0.1) is 11.6 Å². The van der Waals surface area contributed by atoms with Gasteiger partial charge in [0.05, 0.1) is 23.5 Å². The zero-order valence-corrected chi connectivity index (χ0v) is 28.4. The predicted octanol–water partition coefficient (Wildman–Crippen LogP) is 5.96. The molecule has 0 saturated carbocycles. The van der Waals surface area contributed by atoms with Crippen molar-refractivity contribution < 1.29 is 18.4 Å². The number of amides is 3. The summed E-state index contributed by atoms with van der Waals surface area (Å²) in [5.74, 6) is 0.281. The molecule has 0 bridgehead atoms. The lowest BCUT2D eigenvalue weighted by Gasteiger charge is -2.37. The number of hydrogen-bond donors (Lipinski definition) is 1. The lowest BCUT2D eigenvalue weighted by molar-refractivity contribution is -0.120. The first-order chi connectivity index (χ1) is 24.8. The molecule has 3 saturated heterocycles. The van der Waals surface area contributed by atoms with E-state index in [1.165, 1.54) is 17.7 Å². The Morgan fingerprint density at radius 1 is 0.902 bits per heavy atom. The first-order valence-corrected chi connectivity index (χ1v) is 17.5. The molecule has 0 spiro atoms. The molecule has 2 aromatic carbocycles. The van der Waals surface area contributed by atoms with Gasteiger partial charge in [0.25, 0.3) is 0 Å². The van der Waals surface area contributed by atoms with Gasteiger partial charge in [-0.05, 0) is 74.7 Å². The average molecular weight is 692 g/mol. The monoisotopic (exact) mass is 691 g/mol. The Hall–Kier alpha value is -5.43. The third-order valence-electron chi connectivity index (χ3n) is 10.4. The molecule has 0 unspecified atom stereocenters. The number of carbonyl (C=O) groups is 2. The van der Waals surface area contributed by atoms with Crippen molar-refractivity contribution in [2.24, 2.45) is 0 Å². The summed E-state index contributed by atoms with van der Waals surface area (Å²) in [5, 5.41) is 6.92. The molecule has 5 aromatic rings. The molecule has 0 radical (unpaired) electrons. The van der Waals surface area contributed by atoms with Crippen molar-refractivity contribution in [2.45, 2.75) is 50.7 Å². The average Bonchev–Trinajstić information content (AvgIpc) is 3.80. The standard InChI is InChI=1S/C38H39F2N9O2/c1-45(24-25-7-10-28(11-8-25)47-20-16-36(50)44-38(47)51)27-13-18-46(19-14-27)34-6-2-4-32(42-34)30-23-41-49-21-15-35(43-37(30)49)48-17-3-5-33(48)29-12-9-26(39)22-31(29)40/h2,4,6-12,15,21-23,27,33H,3,5,13-14,16-20,24H2,1H3,(H,44,50,51)/t33-/m1/s1. The highest BCUT2D eigenvalue weighted by atomic mass is 19.1. The van der Waals surface area contributed by atoms with Crippen molar-refractivity contribution in [3.63, 3.8) is 0 Å². The van der Waals surface area contributed by atoms with Gasteiger partial charge in [0.15, 0.2) is 5.65 Å². The number of fused-ring (bicyclic) bond motifs is 1. The maximum atomic E-state index is 14.8. The zero-order valence-electron chi connectivity index (χ0n) is 28.4. The largest absolute Gasteiger partial charge is 0.356 e.